The van der Waals surface area contributed by atoms with Gasteiger partial charge in [0.15, 0.2) is 0 Å². The van der Waals surface area contributed by atoms with Gasteiger partial charge in [-0.3, -0.25) is 0 Å². The van der Waals surface area contributed by atoms with Crippen LogP contribution in [-0.2, 0) is 4.74 Å². The van der Waals surface area contributed by atoms with Gasteiger partial charge in [-0.25, -0.2) is 0 Å². The predicted octanol–water partition coefficient (Wildman–Crippen LogP) is 5.05. The molecular weight excluding hydrogens is 244 g/mol. The van der Waals surface area contributed by atoms with E-state index in [1.807, 2.05) is 0 Å². The molecule has 0 saturated carbocycles. The number of alkyl halides is 1. The van der Waals surface area contributed by atoms with E-state index < -0.39 is 0 Å². The summed E-state index contributed by atoms with van der Waals surface area (Å²) in [6, 6.07) is 8.73. The highest BCUT2D eigenvalue weighted by atomic mass is 35.5. The van der Waals surface area contributed by atoms with Crippen LogP contribution in [0.25, 0.3) is 0 Å². The summed E-state index contributed by atoms with van der Waals surface area (Å²) in [6.45, 7) is 6.60. The fraction of sp³-hybridized carbons (Fsp3) is 0.625. The molecule has 100 valence electrons. The van der Waals surface area contributed by atoms with Crippen molar-refractivity contribution < 1.29 is 4.74 Å². The Morgan fingerprint density at radius 2 is 1.83 bits per heavy atom. The van der Waals surface area contributed by atoms with Crippen LogP contribution in [0, 0.1) is 0 Å². The Hall–Kier alpha value is -0.530. The lowest BCUT2D eigenvalue weighted by molar-refractivity contribution is 0.0533. The summed E-state index contributed by atoms with van der Waals surface area (Å²) < 4.78 is 5.84. The minimum atomic E-state index is -0.0130. The molecule has 1 fully saturated rings. The zero-order chi connectivity index (χ0) is 13.1. The van der Waals surface area contributed by atoms with Crippen molar-refractivity contribution in [1.82, 2.24) is 0 Å². The average Bonchev–Trinajstić information content (AvgIpc) is 2.84. The molecule has 0 radical (unpaired) electrons. The molecule has 0 aliphatic carbocycles. The van der Waals surface area contributed by atoms with Gasteiger partial charge in [-0.2, -0.15) is 0 Å². The topological polar surface area (TPSA) is 9.23 Å². The Kier molecular flexibility index (Phi) is 4.69. The van der Waals surface area contributed by atoms with E-state index >= 15 is 0 Å². The van der Waals surface area contributed by atoms with Crippen LogP contribution < -0.4 is 0 Å². The fourth-order valence-corrected chi connectivity index (χ4v) is 2.84. The first-order valence-corrected chi connectivity index (χ1v) is 7.44. The lowest BCUT2D eigenvalue weighted by atomic mass is 9.96. The predicted molar refractivity (Wildman–Crippen MR) is 77.3 cm³/mol. The molecule has 4 unspecified atom stereocenters. The molecule has 0 aromatic heterocycles. The molecule has 0 N–H and O–H groups in total. The molecule has 0 spiro atoms. The zero-order valence-corrected chi connectivity index (χ0v) is 12.3. The van der Waals surface area contributed by atoms with Crippen molar-refractivity contribution in [2.75, 3.05) is 0 Å². The maximum Gasteiger partial charge on any atom is 0.0847 e. The summed E-state index contributed by atoms with van der Waals surface area (Å²) >= 11 is 6.52. The van der Waals surface area contributed by atoms with Crippen molar-refractivity contribution in [2.24, 2.45) is 0 Å². The molecule has 1 aromatic rings. The third kappa shape index (κ3) is 3.07. The van der Waals surface area contributed by atoms with Gasteiger partial charge in [0.05, 0.1) is 17.6 Å². The van der Waals surface area contributed by atoms with E-state index in [9.17, 15) is 0 Å². The molecular formula is C16H23ClO. The average molecular weight is 267 g/mol. The molecule has 1 nitrogen and oxygen atoms in total. The molecule has 1 heterocycles. The number of hydrogen-bond acceptors (Lipinski definition) is 1. The lowest BCUT2D eigenvalue weighted by Gasteiger charge is -2.19. The van der Waals surface area contributed by atoms with Gasteiger partial charge in [-0.15, -0.1) is 11.6 Å². The Bertz CT molecular complexity index is 373. The summed E-state index contributed by atoms with van der Waals surface area (Å²) in [5.74, 6) is 0.621. The molecule has 1 aliphatic rings. The Labute approximate surface area is 115 Å². The summed E-state index contributed by atoms with van der Waals surface area (Å²) in [4.78, 5) is 0. The monoisotopic (exact) mass is 266 g/mol. The van der Waals surface area contributed by atoms with E-state index in [0.29, 0.717) is 12.0 Å². The summed E-state index contributed by atoms with van der Waals surface area (Å²) in [5.41, 5.74) is 2.58. The van der Waals surface area contributed by atoms with Gasteiger partial charge >= 0.3 is 0 Å². The quantitative estimate of drug-likeness (QED) is 0.693. The maximum absolute atomic E-state index is 6.52. The maximum atomic E-state index is 6.52. The van der Waals surface area contributed by atoms with Crippen LogP contribution >= 0.6 is 11.6 Å². The number of benzene rings is 1. The molecule has 1 aromatic carbocycles. The van der Waals surface area contributed by atoms with Crippen LogP contribution in [-0.4, -0.2) is 12.2 Å². The van der Waals surface area contributed by atoms with Gasteiger partial charge in [0.25, 0.3) is 0 Å². The third-order valence-corrected chi connectivity index (χ3v) is 4.56. The van der Waals surface area contributed by atoms with Crippen molar-refractivity contribution >= 4 is 11.6 Å². The second kappa shape index (κ2) is 6.08. The van der Waals surface area contributed by atoms with Crippen LogP contribution in [0.5, 0.6) is 0 Å². The molecule has 0 amide bonds. The van der Waals surface area contributed by atoms with E-state index in [-0.39, 0.29) is 11.5 Å². The molecule has 2 heteroatoms. The lowest BCUT2D eigenvalue weighted by Crippen LogP contribution is -2.14. The van der Waals surface area contributed by atoms with Crippen LogP contribution in [0.1, 0.15) is 62.5 Å². The van der Waals surface area contributed by atoms with Crippen LogP contribution in [0.15, 0.2) is 24.3 Å². The first kappa shape index (κ1) is 13.9. The molecule has 1 aliphatic heterocycles. The highest BCUT2D eigenvalue weighted by molar-refractivity contribution is 6.21. The highest BCUT2D eigenvalue weighted by Gasteiger charge is 2.29. The smallest absolute Gasteiger partial charge is 0.0847 e. The number of ether oxygens (including phenoxy) is 1. The van der Waals surface area contributed by atoms with Crippen LogP contribution in [0.2, 0.25) is 0 Å². The van der Waals surface area contributed by atoms with E-state index in [4.69, 9.17) is 16.3 Å². The Morgan fingerprint density at radius 3 is 2.33 bits per heavy atom. The van der Waals surface area contributed by atoms with E-state index in [0.717, 1.165) is 12.8 Å². The fourth-order valence-electron chi connectivity index (χ4n) is 2.51. The second-order valence-electron chi connectivity index (χ2n) is 5.44. The van der Waals surface area contributed by atoms with E-state index in [1.54, 1.807) is 0 Å². The van der Waals surface area contributed by atoms with Gasteiger partial charge in [-0.1, -0.05) is 38.1 Å². The minimum absolute atomic E-state index is 0.0130. The van der Waals surface area contributed by atoms with Crippen molar-refractivity contribution in [3.05, 3.63) is 35.4 Å². The summed E-state index contributed by atoms with van der Waals surface area (Å²) in [6.07, 6.45) is 3.90. The minimum Gasteiger partial charge on any atom is -0.373 e. The van der Waals surface area contributed by atoms with Gasteiger partial charge in [0, 0.05) is 0 Å². The highest BCUT2D eigenvalue weighted by Crippen LogP contribution is 2.35. The zero-order valence-electron chi connectivity index (χ0n) is 11.5. The molecule has 1 saturated heterocycles. The van der Waals surface area contributed by atoms with E-state index in [1.165, 1.54) is 17.5 Å². The molecule has 2 rings (SSSR count). The van der Waals surface area contributed by atoms with Crippen molar-refractivity contribution in [3.63, 3.8) is 0 Å². The van der Waals surface area contributed by atoms with Gasteiger partial charge < -0.3 is 4.74 Å². The summed E-state index contributed by atoms with van der Waals surface area (Å²) in [7, 11) is 0. The number of rotatable bonds is 4. The number of halogens is 1. The van der Waals surface area contributed by atoms with Crippen LogP contribution in [0.4, 0.5) is 0 Å². The Balaban J connectivity index is 2.05. The van der Waals surface area contributed by atoms with Crippen molar-refractivity contribution in [1.29, 1.82) is 0 Å². The Morgan fingerprint density at radius 1 is 1.22 bits per heavy atom. The number of hydrogen-bond donors (Lipinski definition) is 0. The first-order chi connectivity index (χ1) is 8.61. The standard InChI is InChI=1S/C16H23ClO/c1-4-11(2)13-6-8-14(9-7-13)16(17)15-10-5-12(3)18-15/h6-9,11-12,15-16H,4-5,10H2,1-3H3. The largest absolute Gasteiger partial charge is 0.373 e. The molecule has 4 atom stereocenters. The first-order valence-electron chi connectivity index (χ1n) is 7.01. The molecule has 0 bridgehead atoms. The second-order valence-corrected chi connectivity index (χ2v) is 5.91. The van der Waals surface area contributed by atoms with Crippen LogP contribution in [0.3, 0.4) is 0 Å². The van der Waals surface area contributed by atoms with Crippen molar-refractivity contribution in [3.8, 4) is 0 Å². The summed E-state index contributed by atoms with van der Waals surface area (Å²) in [5, 5.41) is -0.0130. The van der Waals surface area contributed by atoms with Gasteiger partial charge in [0.1, 0.15) is 0 Å². The normalized spacial score (nSPS) is 27.1. The van der Waals surface area contributed by atoms with Gasteiger partial charge in [0.2, 0.25) is 0 Å². The van der Waals surface area contributed by atoms with Gasteiger partial charge in [-0.05, 0) is 43.2 Å². The SMILES string of the molecule is CCC(C)c1ccc(C(Cl)C2CCC(C)O2)cc1. The van der Waals surface area contributed by atoms with Crippen molar-refractivity contribution in [2.45, 2.75) is 63.5 Å². The van der Waals surface area contributed by atoms with E-state index in [2.05, 4.69) is 45.0 Å². The molecule has 18 heavy (non-hydrogen) atoms. The third-order valence-electron chi connectivity index (χ3n) is 4.03.